The van der Waals surface area contributed by atoms with Gasteiger partial charge < -0.3 is 5.11 Å². The third kappa shape index (κ3) is 3.00. The number of carboxylic acids is 1. The van der Waals surface area contributed by atoms with Gasteiger partial charge in [-0.1, -0.05) is 28.1 Å². The standard InChI is InChI=1S/C15H20BrNO2/c1-11-5-6-12(13(16)9-11)10-17-8-4-3-7-15(17,2)14(18)19/h5-6,9H,3-4,7-8,10H2,1-2H3,(H,18,19). The lowest BCUT2D eigenvalue weighted by Gasteiger charge is -2.41. The minimum absolute atomic E-state index is 0.684. The highest BCUT2D eigenvalue weighted by molar-refractivity contribution is 9.10. The van der Waals surface area contributed by atoms with E-state index in [0.717, 1.165) is 35.8 Å². The molecule has 4 heteroatoms. The molecule has 1 saturated heterocycles. The summed E-state index contributed by atoms with van der Waals surface area (Å²) in [5.74, 6) is -0.713. The molecule has 19 heavy (non-hydrogen) atoms. The topological polar surface area (TPSA) is 40.5 Å². The van der Waals surface area contributed by atoms with Crippen molar-refractivity contribution in [3.8, 4) is 0 Å². The minimum Gasteiger partial charge on any atom is -0.480 e. The van der Waals surface area contributed by atoms with Gasteiger partial charge in [-0.25, -0.2) is 0 Å². The van der Waals surface area contributed by atoms with Gasteiger partial charge in [0.2, 0.25) is 0 Å². The molecule has 1 aliphatic rings. The Hall–Kier alpha value is -0.870. The molecule has 0 aromatic heterocycles. The third-order valence-electron chi connectivity index (χ3n) is 4.07. The zero-order valence-electron chi connectivity index (χ0n) is 11.4. The maximum atomic E-state index is 11.6. The van der Waals surface area contributed by atoms with Crippen molar-refractivity contribution in [1.82, 2.24) is 4.90 Å². The summed E-state index contributed by atoms with van der Waals surface area (Å²) in [6.07, 6.45) is 2.80. The van der Waals surface area contributed by atoms with Gasteiger partial charge in [-0.3, -0.25) is 9.69 Å². The highest BCUT2D eigenvalue weighted by Gasteiger charge is 2.41. The molecule has 1 aliphatic heterocycles. The van der Waals surface area contributed by atoms with Gasteiger partial charge in [-0.2, -0.15) is 0 Å². The molecule has 0 radical (unpaired) electrons. The second-order valence-corrected chi connectivity index (χ2v) is 6.41. The van der Waals surface area contributed by atoms with Crippen molar-refractivity contribution in [3.05, 3.63) is 33.8 Å². The molecule has 1 atom stereocenters. The van der Waals surface area contributed by atoms with Crippen LogP contribution in [0, 0.1) is 6.92 Å². The summed E-state index contributed by atoms with van der Waals surface area (Å²) in [7, 11) is 0. The fourth-order valence-corrected chi connectivity index (χ4v) is 3.28. The molecule has 0 aliphatic carbocycles. The quantitative estimate of drug-likeness (QED) is 0.923. The third-order valence-corrected chi connectivity index (χ3v) is 4.81. The Morgan fingerprint density at radius 2 is 2.21 bits per heavy atom. The molecule has 0 spiro atoms. The molecule has 1 heterocycles. The predicted molar refractivity (Wildman–Crippen MR) is 79.2 cm³/mol. The summed E-state index contributed by atoms with van der Waals surface area (Å²) in [4.78, 5) is 13.7. The van der Waals surface area contributed by atoms with Gasteiger partial charge in [0.25, 0.3) is 0 Å². The van der Waals surface area contributed by atoms with Crippen molar-refractivity contribution in [3.63, 3.8) is 0 Å². The lowest BCUT2D eigenvalue weighted by molar-refractivity contribution is -0.153. The second-order valence-electron chi connectivity index (χ2n) is 5.55. The minimum atomic E-state index is -0.734. The van der Waals surface area contributed by atoms with E-state index in [-0.39, 0.29) is 0 Å². The molecule has 0 amide bonds. The van der Waals surface area contributed by atoms with E-state index < -0.39 is 11.5 Å². The summed E-state index contributed by atoms with van der Waals surface area (Å²) in [5, 5.41) is 9.51. The van der Waals surface area contributed by atoms with Crippen molar-refractivity contribution < 1.29 is 9.90 Å². The fourth-order valence-electron chi connectivity index (χ4n) is 2.66. The number of aryl methyl sites for hydroxylation is 1. The summed E-state index contributed by atoms with van der Waals surface area (Å²) in [5.41, 5.74) is 1.62. The van der Waals surface area contributed by atoms with Gasteiger partial charge >= 0.3 is 5.97 Å². The predicted octanol–water partition coefficient (Wildman–Crippen LogP) is 3.59. The van der Waals surface area contributed by atoms with Gasteiger partial charge in [0, 0.05) is 11.0 Å². The number of nitrogens with zero attached hydrogens (tertiary/aromatic N) is 1. The van der Waals surface area contributed by atoms with Crippen LogP contribution in [-0.4, -0.2) is 28.1 Å². The highest BCUT2D eigenvalue weighted by Crippen LogP contribution is 2.31. The van der Waals surface area contributed by atoms with E-state index in [1.54, 1.807) is 0 Å². The summed E-state index contributed by atoms with van der Waals surface area (Å²) >= 11 is 3.57. The molecule has 1 aromatic carbocycles. The van der Waals surface area contributed by atoms with Crippen LogP contribution in [0.15, 0.2) is 22.7 Å². The number of carboxylic acid groups (broad SMARTS) is 1. The Bertz CT molecular complexity index is 489. The van der Waals surface area contributed by atoms with Crippen LogP contribution >= 0.6 is 15.9 Å². The van der Waals surface area contributed by atoms with Crippen LogP contribution in [0.5, 0.6) is 0 Å². The number of benzene rings is 1. The van der Waals surface area contributed by atoms with Gasteiger partial charge in [0.15, 0.2) is 0 Å². The molecular weight excluding hydrogens is 306 g/mol. The van der Waals surface area contributed by atoms with Crippen molar-refractivity contribution in [1.29, 1.82) is 0 Å². The molecule has 1 unspecified atom stereocenters. The molecule has 1 aromatic rings. The van der Waals surface area contributed by atoms with Crippen LogP contribution < -0.4 is 0 Å². The number of hydrogen-bond donors (Lipinski definition) is 1. The first kappa shape index (κ1) is 14.5. The molecule has 3 nitrogen and oxygen atoms in total. The zero-order valence-corrected chi connectivity index (χ0v) is 13.0. The van der Waals surface area contributed by atoms with Crippen LogP contribution in [-0.2, 0) is 11.3 Å². The first-order valence-corrected chi connectivity index (χ1v) is 7.46. The summed E-state index contributed by atoms with van der Waals surface area (Å²) in [6, 6.07) is 6.23. The Balaban J connectivity index is 2.22. The van der Waals surface area contributed by atoms with Gasteiger partial charge in [-0.15, -0.1) is 0 Å². The Morgan fingerprint density at radius 1 is 1.47 bits per heavy atom. The van der Waals surface area contributed by atoms with E-state index in [9.17, 15) is 9.90 Å². The number of hydrogen-bond acceptors (Lipinski definition) is 2. The Kier molecular flexibility index (Phi) is 4.31. The van der Waals surface area contributed by atoms with Crippen LogP contribution in [0.4, 0.5) is 0 Å². The van der Waals surface area contributed by atoms with Crippen LogP contribution in [0.2, 0.25) is 0 Å². The molecule has 104 valence electrons. The SMILES string of the molecule is Cc1ccc(CN2CCCCC2(C)C(=O)O)c(Br)c1. The molecule has 0 bridgehead atoms. The van der Waals surface area contributed by atoms with Crippen molar-refractivity contribution in [2.45, 2.75) is 45.2 Å². The smallest absolute Gasteiger partial charge is 0.323 e. The molecule has 1 N–H and O–H groups in total. The van der Waals surface area contributed by atoms with Gasteiger partial charge in [-0.05, 0) is 56.8 Å². The van der Waals surface area contributed by atoms with E-state index in [1.807, 2.05) is 6.92 Å². The van der Waals surface area contributed by atoms with Crippen molar-refractivity contribution in [2.24, 2.45) is 0 Å². The monoisotopic (exact) mass is 325 g/mol. The van der Waals surface area contributed by atoms with E-state index in [4.69, 9.17) is 0 Å². The first-order valence-electron chi connectivity index (χ1n) is 6.67. The van der Waals surface area contributed by atoms with Crippen LogP contribution in [0.3, 0.4) is 0 Å². The largest absolute Gasteiger partial charge is 0.480 e. The molecule has 1 fully saturated rings. The lowest BCUT2D eigenvalue weighted by atomic mass is 9.88. The fraction of sp³-hybridized carbons (Fsp3) is 0.533. The highest BCUT2D eigenvalue weighted by atomic mass is 79.9. The molecular formula is C15H20BrNO2. The van der Waals surface area contributed by atoms with E-state index in [0.29, 0.717) is 6.54 Å². The van der Waals surface area contributed by atoms with Crippen LogP contribution in [0.1, 0.15) is 37.3 Å². The maximum absolute atomic E-state index is 11.6. The second kappa shape index (κ2) is 5.63. The van der Waals surface area contributed by atoms with Gasteiger partial charge in [0.1, 0.15) is 5.54 Å². The number of carbonyl (C=O) groups is 1. The summed E-state index contributed by atoms with van der Waals surface area (Å²) in [6.45, 7) is 5.43. The number of aliphatic carboxylic acids is 1. The van der Waals surface area contributed by atoms with E-state index >= 15 is 0 Å². The van der Waals surface area contributed by atoms with Crippen molar-refractivity contribution in [2.75, 3.05) is 6.54 Å². The zero-order chi connectivity index (χ0) is 14.0. The van der Waals surface area contributed by atoms with E-state index in [1.165, 1.54) is 5.56 Å². The van der Waals surface area contributed by atoms with Crippen molar-refractivity contribution >= 4 is 21.9 Å². The number of piperidine rings is 1. The first-order chi connectivity index (χ1) is 8.93. The van der Waals surface area contributed by atoms with Gasteiger partial charge in [0.05, 0.1) is 0 Å². The Morgan fingerprint density at radius 3 is 2.84 bits per heavy atom. The number of rotatable bonds is 3. The summed E-state index contributed by atoms with van der Waals surface area (Å²) < 4.78 is 1.06. The Labute approximate surface area is 122 Å². The normalized spacial score (nSPS) is 24.4. The number of halogens is 1. The molecule has 2 rings (SSSR count). The number of likely N-dealkylation sites (tertiary alicyclic amines) is 1. The molecule has 0 saturated carbocycles. The average Bonchev–Trinajstić information content (AvgIpc) is 2.35. The average molecular weight is 326 g/mol. The van der Waals surface area contributed by atoms with E-state index in [2.05, 4.69) is 46.0 Å². The maximum Gasteiger partial charge on any atom is 0.323 e. The lowest BCUT2D eigenvalue weighted by Crippen LogP contribution is -2.54. The van der Waals surface area contributed by atoms with Crippen LogP contribution in [0.25, 0.3) is 0 Å².